The first-order valence-electron chi connectivity index (χ1n) is 8.56. The lowest BCUT2D eigenvalue weighted by Gasteiger charge is -2.21. The molecule has 0 amide bonds. The Morgan fingerprint density at radius 3 is 2.62 bits per heavy atom. The van der Waals surface area contributed by atoms with Crippen molar-refractivity contribution >= 4 is 35.0 Å². The number of aromatic carboxylic acids is 1. The molecule has 1 aliphatic heterocycles. The number of nitrogens with zero attached hydrogens (tertiary/aromatic N) is 2. The van der Waals surface area contributed by atoms with Crippen molar-refractivity contribution in [1.82, 2.24) is 4.57 Å². The molecular weight excluding hydrogens is 361 g/mol. The third-order valence-corrected chi connectivity index (χ3v) is 5.23. The zero-order valence-electron chi connectivity index (χ0n) is 14.2. The summed E-state index contributed by atoms with van der Waals surface area (Å²) in [5.41, 5.74) is 5.84. The molecule has 2 heterocycles. The molecule has 0 radical (unpaired) electrons. The number of hydrogen-bond acceptors (Lipinski definition) is 4. The first-order chi connectivity index (χ1) is 12.0. The van der Waals surface area contributed by atoms with Crippen molar-refractivity contribution < 1.29 is 14.3 Å². The standard InChI is InChI=1S/C18H20FN3O3.ClH/c19-14-5-12-15(6-16(14)21-4-3-10(7-20)8-21)22(11-1-2-11)9-13(17(12)23)18(24)25;/h5-6,9-11H,1-4,7-8,20H2,(H,24,25);1H/t10-;/m0./s1. The van der Waals surface area contributed by atoms with E-state index in [9.17, 15) is 19.1 Å². The van der Waals surface area contributed by atoms with Gasteiger partial charge in [-0.2, -0.15) is 0 Å². The number of halogens is 2. The Balaban J connectivity index is 0.00000196. The average Bonchev–Trinajstić information content (AvgIpc) is 3.31. The molecule has 1 aromatic carbocycles. The van der Waals surface area contributed by atoms with Crippen molar-refractivity contribution in [3.8, 4) is 0 Å². The number of rotatable bonds is 4. The van der Waals surface area contributed by atoms with Crippen LogP contribution in [0.15, 0.2) is 23.1 Å². The van der Waals surface area contributed by atoms with Crippen LogP contribution in [0.3, 0.4) is 0 Å². The largest absolute Gasteiger partial charge is 0.477 e. The number of pyridine rings is 1. The highest BCUT2D eigenvalue weighted by Gasteiger charge is 2.29. The molecule has 1 saturated heterocycles. The Kier molecular flexibility index (Phi) is 4.94. The van der Waals surface area contributed by atoms with Gasteiger partial charge in [-0.15, -0.1) is 12.4 Å². The van der Waals surface area contributed by atoms with E-state index < -0.39 is 17.2 Å². The van der Waals surface area contributed by atoms with Gasteiger partial charge < -0.3 is 20.3 Å². The summed E-state index contributed by atoms with van der Waals surface area (Å²) in [5, 5.41) is 9.40. The smallest absolute Gasteiger partial charge is 0.341 e. The van der Waals surface area contributed by atoms with E-state index in [1.165, 1.54) is 12.3 Å². The number of hydrogen-bond donors (Lipinski definition) is 2. The van der Waals surface area contributed by atoms with Gasteiger partial charge in [0.25, 0.3) is 0 Å². The van der Waals surface area contributed by atoms with Crippen LogP contribution < -0.4 is 16.1 Å². The minimum Gasteiger partial charge on any atom is -0.477 e. The lowest BCUT2D eigenvalue weighted by atomic mass is 10.1. The van der Waals surface area contributed by atoms with Crippen LogP contribution >= 0.6 is 12.4 Å². The number of aromatic nitrogens is 1. The van der Waals surface area contributed by atoms with Crippen LogP contribution in [0.25, 0.3) is 10.9 Å². The molecule has 140 valence electrons. The maximum absolute atomic E-state index is 14.7. The molecule has 2 aliphatic rings. The predicted molar refractivity (Wildman–Crippen MR) is 100 cm³/mol. The molecule has 1 saturated carbocycles. The van der Waals surface area contributed by atoms with Crippen molar-refractivity contribution in [2.24, 2.45) is 11.7 Å². The summed E-state index contributed by atoms with van der Waals surface area (Å²) in [6.07, 6.45) is 4.19. The van der Waals surface area contributed by atoms with Gasteiger partial charge in [-0.05, 0) is 43.9 Å². The first kappa shape index (κ1) is 18.7. The number of carboxylic acids is 1. The van der Waals surface area contributed by atoms with Crippen molar-refractivity contribution in [2.75, 3.05) is 24.5 Å². The fraction of sp³-hybridized carbons (Fsp3) is 0.444. The molecule has 1 atom stereocenters. The summed E-state index contributed by atoms with van der Waals surface area (Å²) in [4.78, 5) is 25.8. The van der Waals surface area contributed by atoms with Crippen LogP contribution in [0, 0.1) is 11.7 Å². The highest BCUT2D eigenvalue weighted by molar-refractivity contribution is 5.93. The summed E-state index contributed by atoms with van der Waals surface area (Å²) in [7, 11) is 0. The van der Waals surface area contributed by atoms with Gasteiger partial charge in [0.05, 0.1) is 11.2 Å². The van der Waals surface area contributed by atoms with E-state index in [0.29, 0.717) is 30.2 Å². The number of nitrogens with two attached hydrogens (primary N) is 1. The molecule has 2 fully saturated rings. The summed E-state index contributed by atoms with van der Waals surface area (Å²) in [6, 6.07) is 3.05. The quantitative estimate of drug-likeness (QED) is 0.848. The first-order valence-corrected chi connectivity index (χ1v) is 8.56. The topological polar surface area (TPSA) is 88.6 Å². The van der Waals surface area contributed by atoms with Crippen LogP contribution in [0.5, 0.6) is 0 Å². The molecular formula is C18H21ClFN3O3. The number of carboxylic acid groups (broad SMARTS) is 1. The molecule has 8 heteroatoms. The fourth-order valence-electron chi connectivity index (χ4n) is 3.65. The van der Waals surface area contributed by atoms with Gasteiger partial charge in [0, 0.05) is 30.7 Å². The second kappa shape index (κ2) is 6.89. The second-order valence-electron chi connectivity index (χ2n) is 6.97. The monoisotopic (exact) mass is 381 g/mol. The van der Waals surface area contributed by atoms with E-state index in [4.69, 9.17) is 5.73 Å². The van der Waals surface area contributed by atoms with Crippen LogP contribution in [0.2, 0.25) is 0 Å². The maximum atomic E-state index is 14.7. The van der Waals surface area contributed by atoms with Crippen molar-refractivity contribution in [3.63, 3.8) is 0 Å². The Bertz CT molecular complexity index is 926. The molecule has 0 bridgehead atoms. The molecule has 2 aromatic rings. The molecule has 1 aliphatic carbocycles. The zero-order valence-corrected chi connectivity index (χ0v) is 15.0. The Hall–Kier alpha value is -2.12. The van der Waals surface area contributed by atoms with Crippen molar-refractivity contribution in [2.45, 2.75) is 25.3 Å². The molecule has 4 rings (SSSR count). The zero-order chi connectivity index (χ0) is 17.7. The molecule has 0 unspecified atom stereocenters. The number of fused-ring (bicyclic) bond motifs is 1. The van der Waals surface area contributed by atoms with Gasteiger partial charge in [-0.3, -0.25) is 4.79 Å². The predicted octanol–water partition coefficient (Wildman–Crippen LogP) is 2.38. The SMILES string of the molecule is Cl.NC[C@@H]1CCN(c2cc3c(cc2F)c(=O)c(C(=O)O)cn3C2CC2)C1. The maximum Gasteiger partial charge on any atom is 0.341 e. The average molecular weight is 382 g/mol. The lowest BCUT2D eigenvalue weighted by Crippen LogP contribution is -2.24. The van der Waals surface area contributed by atoms with E-state index in [-0.39, 0.29) is 29.4 Å². The normalized spacial score (nSPS) is 19.6. The molecule has 26 heavy (non-hydrogen) atoms. The summed E-state index contributed by atoms with van der Waals surface area (Å²) in [5.74, 6) is -1.43. The van der Waals surface area contributed by atoms with E-state index >= 15 is 0 Å². The van der Waals surface area contributed by atoms with Crippen LogP contribution in [-0.2, 0) is 0 Å². The van der Waals surface area contributed by atoms with Crippen molar-refractivity contribution in [3.05, 3.63) is 39.9 Å². The van der Waals surface area contributed by atoms with Gasteiger partial charge in [0.1, 0.15) is 11.4 Å². The van der Waals surface area contributed by atoms with E-state index in [1.54, 1.807) is 6.07 Å². The molecule has 1 aromatic heterocycles. The van der Waals surface area contributed by atoms with E-state index in [2.05, 4.69) is 0 Å². The van der Waals surface area contributed by atoms with Crippen molar-refractivity contribution in [1.29, 1.82) is 0 Å². The minimum atomic E-state index is -1.28. The fourth-order valence-corrected chi connectivity index (χ4v) is 3.65. The number of carbonyl (C=O) groups is 1. The molecule has 3 N–H and O–H groups in total. The van der Waals surface area contributed by atoms with E-state index in [0.717, 1.165) is 25.8 Å². The highest BCUT2D eigenvalue weighted by atomic mass is 35.5. The summed E-state index contributed by atoms with van der Waals surface area (Å²) < 4.78 is 16.5. The lowest BCUT2D eigenvalue weighted by molar-refractivity contribution is 0.0695. The van der Waals surface area contributed by atoms with Crippen LogP contribution in [-0.4, -0.2) is 35.3 Å². The molecule has 6 nitrogen and oxygen atoms in total. The van der Waals surface area contributed by atoms with Gasteiger partial charge in [-0.25, -0.2) is 9.18 Å². The van der Waals surface area contributed by atoms with E-state index in [1.807, 2.05) is 9.47 Å². The van der Waals surface area contributed by atoms with Crippen LogP contribution in [0.1, 0.15) is 35.7 Å². The van der Waals surface area contributed by atoms with Gasteiger partial charge in [0.2, 0.25) is 5.43 Å². The van der Waals surface area contributed by atoms with Gasteiger partial charge in [0.15, 0.2) is 0 Å². The number of anilines is 1. The highest BCUT2D eigenvalue weighted by Crippen LogP contribution is 2.38. The van der Waals surface area contributed by atoms with Gasteiger partial charge >= 0.3 is 5.97 Å². The van der Waals surface area contributed by atoms with Gasteiger partial charge in [-0.1, -0.05) is 0 Å². The minimum absolute atomic E-state index is 0. The third kappa shape index (κ3) is 3.05. The summed E-state index contributed by atoms with van der Waals surface area (Å²) >= 11 is 0. The summed E-state index contributed by atoms with van der Waals surface area (Å²) in [6.45, 7) is 1.99. The number of benzene rings is 1. The molecule has 0 spiro atoms. The Morgan fingerprint density at radius 1 is 1.31 bits per heavy atom. The third-order valence-electron chi connectivity index (χ3n) is 5.23. The second-order valence-corrected chi connectivity index (χ2v) is 6.97. The van der Waals surface area contributed by atoms with Crippen LogP contribution in [0.4, 0.5) is 10.1 Å². The Morgan fingerprint density at radius 2 is 2.04 bits per heavy atom. The Labute approximate surface area is 155 Å².